The number of halogens is 2. The van der Waals surface area contributed by atoms with E-state index in [9.17, 15) is 13.2 Å². The number of sulfonamides is 1. The molecule has 0 amide bonds. The molecule has 0 fully saturated rings. The Bertz CT molecular complexity index is 817. The van der Waals surface area contributed by atoms with Gasteiger partial charge in [-0.05, 0) is 18.2 Å². The highest BCUT2D eigenvalue weighted by Crippen LogP contribution is 2.33. The molecule has 21 heavy (non-hydrogen) atoms. The summed E-state index contributed by atoms with van der Waals surface area (Å²) in [5, 5.41) is 12.5. The number of aromatic carboxylic acids is 1. The number of carboxylic acids is 1. The van der Waals surface area contributed by atoms with Gasteiger partial charge < -0.3 is 5.11 Å². The Balaban J connectivity index is 2.57. The Hall–Kier alpha value is -1.77. The van der Waals surface area contributed by atoms with E-state index < -0.39 is 21.6 Å². The van der Waals surface area contributed by atoms with Gasteiger partial charge >= 0.3 is 5.97 Å². The van der Waals surface area contributed by atoms with E-state index in [0.717, 1.165) is 4.68 Å². The van der Waals surface area contributed by atoms with Crippen LogP contribution in [0.3, 0.4) is 0 Å². The van der Waals surface area contributed by atoms with E-state index in [1.54, 1.807) is 0 Å². The van der Waals surface area contributed by atoms with Gasteiger partial charge in [0.15, 0.2) is 5.03 Å². The average Bonchev–Trinajstić information content (AvgIpc) is 2.80. The van der Waals surface area contributed by atoms with Crippen molar-refractivity contribution in [1.82, 2.24) is 9.78 Å². The van der Waals surface area contributed by atoms with Gasteiger partial charge in [0, 0.05) is 7.05 Å². The van der Waals surface area contributed by atoms with Gasteiger partial charge in [-0.15, -0.1) is 0 Å². The van der Waals surface area contributed by atoms with Gasteiger partial charge in [0.25, 0.3) is 10.0 Å². The fourth-order valence-electron chi connectivity index (χ4n) is 1.67. The van der Waals surface area contributed by atoms with Crippen molar-refractivity contribution in [2.45, 2.75) is 5.03 Å². The third-order valence-electron chi connectivity index (χ3n) is 2.61. The van der Waals surface area contributed by atoms with E-state index >= 15 is 0 Å². The topological polar surface area (TPSA) is 101 Å². The number of aryl methyl sites for hydroxylation is 1. The summed E-state index contributed by atoms with van der Waals surface area (Å²) in [6.07, 6.45) is 1.30. The number of hydrogen-bond acceptors (Lipinski definition) is 4. The molecule has 0 unspecified atom stereocenters. The summed E-state index contributed by atoms with van der Waals surface area (Å²) in [7, 11) is -2.62. The highest BCUT2D eigenvalue weighted by atomic mass is 35.5. The summed E-state index contributed by atoms with van der Waals surface area (Å²) >= 11 is 11.7. The van der Waals surface area contributed by atoms with Crippen LogP contribution in [0.25, 0.3) is 0 Å². The molecular formula is C11H9Cl2N3O4S. The van der Waals surface area contributed by atoms with Crippen molar-refractivity contribution >= 4 is 44.9 Å². The second-order valence-electron chi connectivity index (χ2n) is 3.98. The summed E-state index contributed by atoms with van der Waals surface area (Å²) in [4.78, 5) is 11.2. The minimum atomic E-state index is -4.05. The van der Waals surface area contributed by atoms with Crippen molar-refractivity contribution in [3.63, 3.8) is 0 Å². The predicted octanol–water partition coefficient (Wildman–Crippen LogP) is 2.23. The van der Waals surface area contributed by atoms with Crippen molar-refractivity contribution in [3.05, 3.63) is 40.0 Å². The van der Waals surface area contributed by atoms with E-state index in [2.05, 4.69) is 9.82 Å². The quantitative estimate of drug-likeness (QED) is 0.881. The summed E-state index contributed by atoms with van der Waals surface area (Å²) in [6, 6.07) is 3.84. The summed E-state index contributed by atoms with van der Waals surface area (Å²) in [5.74, 6) is -1.40. The van der Waals surface area contributed by atoms with E-state index in [4.69, 9.17) is 28.3 Å². The lowest BCUT2D eigenvalue weighted by molar-refractivity contribution is 0.0698. The lowest BCUT2D eigenvalue weighted by Crippen LogP contribution is -2.19. The molecule has 0 radical (unpaired) electrons. The number of carbonyl (C=O) groups is 1. The smallest absolute Gasteiger partial charge is 0.339 e. The van der Waals surface area contributed by atoms with Crippen LogP contribution in [0.1, 0.15) is 10.4 Å². The average molecular weight is 350 g/mol. The molecule has 0 aliphatic heterocycles. The molecular weight excluding hydrogens is 341 g/mol. The Morgan fingerprint density at radius 3 is 2.43 bits per heavy atom. The number of hydrogen-bond donors (Lipinski definition) is 2. The summed E-state index contributed by atoms with van der Waals surface area (Å²) in [6.45, 7) is 0. The maximum Gasteiger partial charge on any atom is 0.339 e. The molecule has 0 spiro atoms. The molecule has 1 heterocycles. The van der Waals surface area contributed by atoms with Gasteiger partial charge in [-0.2, -0.15) is 13.5 Å². The van der Waals surface area contributed by atoms with Gasteiger partial charge in [0.1, 0.15) is 5.56 Å². The largest absolute Gasteiger partial charge is 0.478 e. The van der Waals surface area contributed by atoms with Crippen molar-refractivity contribution in [3.8, 4) is 0 Å². The molecule has 10 heteroatoms. The maximum absolute atomic E-state index is 12.3. The molecule has 1 aromatic carbocycles. The molecule has 0 saturated carbocycles. The number of nitrogens with zero attached hydrogens (tertiary/aromatic N) is 2. The Morgan fingerprint density at radius 2 is 1.90 bits per heavy atom. The van der Waals surface area contributed by atoms with Crippen LogP contribution in [0.4, 0.5) is 5.69 Å². The molecule has 1 aromatic heterocycles. The van der Waals surface area contributed by atoms with Crippen LogP contribution in [0, 0.1) is 0 Å². The normalized spacial score (nSPS) is 11.4. The maximum atomic E-state index is 12.3. The van der Waals surface area contributed by atoms with Crippen molar-refractivity contribution < 1.29 is 18.3 Å². The zero-order valence-electron chi connectivity index (χ0n) is 10.5. The minimum absolute atomic E-state index is 0.0810. The monoisotopic (exact) mass is 349 g/mol. The van der Waals surface area contributed by atoms with Gasteiger partial charge in [-0.1, -0.05) is 23.2 Å². The molecule has 0 atom stereocenters. The van der Waals surface area contributed by atoms with Crippen molar-refractivity contribution in [1.29, 1.82) is 0 Å². The fourth-order valence-corrected chi connectivity index (χ4v) is 3.39. The second-order valence-corrected chi connectivity index (χ2v) is 6.43. The highest BCUT2D eigenvalue weighted by Gasteiger charge is 2.25. The number of rotatable bonds is 4. The third kappa shape index (κ3) is 2.97. The Kier molecular flexibility index (Phi) is 4.13. The van der Waals surface area contributed by atoms with Crippen LogP contribution in [0.15, 0.2) is 29.4 Å². The SMILES string of the molecule is Cn1nccc1S(=O)(=O)Nc1c(Cl)ccc(Cl)c1C(=O)O. The van der Waals surface area contributed by atoms with E-state index in [0.29, 0.717) is 0 Å². The minimum Gasteiger partial charge on any atom is -0.478 e. The van der Waals surface area contributed by atoms with Crippen molar-refractivity contribution in [2.24, 2.45) is 7.05 Å². The lowest BCUT2D eigenvalue weighted by atomic mass is 10.2. The first-order valence-corrected chi connectivity index (χ1v) is 7.70. The van der Waals surface area contributed by atoms with Gasteiger partial charge in [-0.3, -0.25) is 9.40 Å². The molecule has 2 N–H and O–H groups in total. The van der Waals surface area contributed by atoms with Crippen molar-refractivity contribution in [2.75, 3.05) is 4.72 Å². The van der Waals surface area contributed by atoms with Gasteiger partial charge in [0.2, 0.25) is 0 Å². The predicted molar refractivity (Wildman–Crippen MR) is 77.4 cm³/mol. The number of anilines is 1. The molecule has 0 bridgehead atoms. The molecule has 112 valence electrons. The van der Waals surface area contributed by atoms with Crippen LogP contribution < -0.4 is 4.72 Å². The molecule has 2 aromatic rings. The molecule has 2 rings (SSSR count). The van der Waals surface area contributed by atoms with Crippen LogP contribution in [-0.2, 0) is 17.1 Å². The van der Waals surface area contributed by atoms with Gasteiger partial charge in [-0.25, -0.2) is 4.79 Å². The van der Waals surface area contributed by atoms with Crippen LogP contribution in [-0.4, -0.2) is 29.3 Å². The molecule has 7 nitrogen and oxygen atoms in total. The summed E-state index contributed by atoms with van der Waals surface area (Å²) in [5.41, 5.74) is -0.715. The molecule has 0 aliphatic carbocycles. The van der Waals surface area contributed by atoms with E-state index in [-0.39, 0.29) is 20.8 Å². The first kappa shape index (κ1) is 15.6. The van der Waals surface area contributed by atoms with Crippen LogP contribution in [0.5, 0.6) is 0 Å². The van der Waals surface area contributed by atoms with E-state index in [1.165, 1.54) is 31.4 Å². The summed E-state index contributed by atoms with van der Waals surface area (Å²) < 4.78 is 27.8. The number of nitrogens with one attached hydrogen (secondary N) is 1. The molecule has 0 aliphatic rings. The number of carboxylic acid groups (broad SMARTS) is 1. The standard InChI is InChI=1S/C11H9Cl2N3O4S/c1-16-8(4-5-14-16)21(19,20)15-10-7(13)3-2-6(12)9(10)11(17)18/h2-5,15H,1H3,(H,17,18). The van der Waals surface area contributed by atoms with Crippen LogP contribution >= 0.6 is 23.2 Å². The zero-order valence-corrected chi connectivity index (χ0v) is 12.9. The Labute approximate surface area is 130 Å². The van der Waals surface area contributed by atoms with Gasteiger partial charge in [0.05, 0.1) is 21.9 Å². The number of benzene rings is 1. The zero-order chi connectivity index (χ0) is 15.8. The lowest BCUT2D eigenvalue weighted by Gasteiger charge is -2.13. The third-order valence-corrected chi connectivity index (χ3v) is 4.66. The van der Waals surface area contributed by atoms with Crippen LogP contribution in [0.2, 0.25) is 10.0 Å². The fraction of sp³-hybridized carbons (Fsp3) is 0.0909. The highest BCUT2D eigenvalue weighted by molar-refractivity contribution is 7.92. The number of aromatic nitrogens is 2. The first-order valence-electron chi connectivity index (χ1n) is 5.46. The first-order chi connectivity index (χ1) is 9.74. The second kappa shape index (κ2) is 5.55. The Morgan fingerprint density at radius 1 is 1.29 bits per heavy atom. The van der Waals surface area contributed by atoms with E-state index in [1.807, 2.05) is 0 Å². The molecule has 0 saturated heterocycles.